The summed E-state index contributed by atoms with van der Waals surface area (Å²) in [4.78, 5) is 25.4. The van der Waals surface area contributed by atoms with Crippen LogP contribution in [0.5, 0.6) is 0 Å². The van der Waals surface area contributed by atoms with E-state index < -0.39 is 11.3 Å². The molecule has 1 atom stereocenters. The van der Waals surface area contributed by atoms with Crippen LogP contribution in [0.3, 0.4) is 0 Å². The molecule has 26 heavy (non-hydrogen) atoms. The van der Waals surface area contributed by atoms with Gasteiger partial charge in [-0.15, -0.1) is 0 Å². The molecule has 1 aliphatic rings. The highest BCUT2D eigenvalue weighted by atomic mass is 16.3. The standard InChI is InChI=1S/C21H22N2O3/c22-20(26)17-9-6-16(7-10-17)8-11-19(25)23-13-12-21(14-23,15-24)18-4-2-1-3-5-18/h1-11,24H,12-15H2,(H2,22,26)/b11-8+. The molecular formula is C21H22N2O3. The number of aliphatic hydroxyl groups excluding tert-OH is 1. The summed E-state index contributed by atoms with van der Waals surface area (Å²) in [7, 11) is 0. The number of nitrogens with zero attached hydrogens (tertiary/aromatic N) is 1. The van der Waals surface area contributed by atoms with Crippen LogP contribution in [-0.2, 0) is 10.2 Å². The highest BCUT2D eigenvalue weighted by Gasteiger charge is 2.40. The van der Waals surface area contributed by atoms with E-state index >= 15 is 0 Å². The number of aliphatic hydroxyl groups is 1. The topological polar surface area (TPSA) is 83.6 Å². The SMILES string of the molecule is NC(=O)c1ccc(/C=C/C(=O)N2CCC(CO)(c3ccccc3)C2)cc1. The molecular weight excluding hydrogens is 328 g/mol. The Bertz CT molecular complexity index is 815. The van der Waals surface area contributed by atoms with Gasteiger partial charge in [-0.2, -0.15) is 0 Å². The van der Waals surface area contributed by atoms with Crippen LogP contribution in [0.4, 0.5) is 0 Å². The van der Waals surface area contributed by atoms with Crippen LogP contribution in [0.15, 0.2) is 60.7 Å². The summed E-state index contributed by atoms with van der Waals surface area (Å²) >= 11 is 0. The van der Waals surface area contributed by atoms with Gasteiger partial charge in [0.05, 0.1) is 6.61 Å². The van der Waals surface area contributed by atoms with E-state index in [-0.39, 0.29) is 12.5 Å². The summed E-state index contributed by atoms with van der Waals surface area (Å²) in [6.07, 6.45) is 3.98. The minimum Gasteiger partial charge on any atom is -0.395 e. The molecule has 1 aliphatic heterocycles. The van der Waals surface area contributed by atoms with Gasteiger partial charge in [0.2, 0.25) is 11.8 Å². The monoisotopic (exact) mass is 350 g/mol. The lowest BCUT2D eigenvalue weighted by molar-refractivity contribution is -0.125. The molecule has 134 valence electrons. The van der Waals surface area contributed by atoms with E-state index in [4.69, 9.17) is 5.73 Å². The molecule has 1 unspecified atom stereocenters. The summed E-state index contributed by atoms with van der Waals surface area (Å²) in [6, 6.07) is 16.6. The number of carbonyl (C=O) groups is 2. The minimum atomic E-state index is -0.477. The Balaban J connectivity index is 1.68. The predicted molar refractivity (Wildman–Crippen MR) is 100 cm³/mol. The van der Waals surface area contributed by atoms with Crippen molar-refractivity contribution in [1.29, 1.82) is 0 Å². The third kappa shape index (κ3) is 3.68. The molecule has 1 fully saturated rings. The molecule has 0 spiro atoms. The second-order valence-corrected chi connectivity index (χ2v) is 6.63. The van der Waals surface area contributed by atoms with Gasteiger partial charge in [-0.1, -0.05) is 42.5 Å². The van der Waals surface area contributed by atoms with Crippen LogP contribution in [0.25, 0.3) is 6.08 Å². The molecule has 0 bridgehead atoms. The van der Waals surface area contributed by atoms with Crippen molar-refractivity contribution < 1.29 is 14.7 Å². The van der Waals surface area contributed by atoms with Gasteiger partial charge in [0.25, 0.3) is 0 Å². The van der Waals surface area contributed by atoms with Crippen LogP contribution < -0.4 is 5.73 Å². The van der Waals surface area contributed by atoms with Gasteiger partial charge in [0.15, 0.2) is 0 Å². The molecule has 2 amide bonds. The number of carbonyl (C=O) groups excluding carboxylic acids is 2. The fourth-order valence-electron chi connectivity index (χ4n) is 3.34. The van der Waals surface area contributed by atoms with Crippen molar-refractivity contribution in [1.82, 2.24) is 4.90 Å². The van der Waals surface area contributed by atoms with Crippen LogP contribution in [0.2, 0.25) is 0 Å². The summed E-state index contributed by atoms with van der Waals surface area (Å²) in [5.74, 6) is -0.565. The van der Waals surface area contributed by atoms with Crippen molar-refractivity contribution in [2.75, 3.05) is 19.7 Å². The smallest absolute Gasteiger partial charge is 0.248 e. The predicted octanol–water partition coefficient (Wildman–Crippen LogP) is 1.96. The number of amides is 2. The first-order valence-corrected chi connectivity index (χ1v) is 8.57. The number of hydrogen-bond donors (Lipinski definition) is 2. The fourth-order valence-corrected chi connectivity index (χ4v) is 3.34. The highest BCUT2D eigenvalue weighted by molar-refractivity contribution is 5.94. The van der Waals surface area contributed by atoms with E-state index in [9.17, 15) is 14.7 Å². The normalized spacial score (nSPS) is 19.8. The Kier molecular flexibility index (Phi) is 5.19. The third-order valence-corrected chi connectivity index (χ3v) is 4.97. The Morgan fingerprint density at radius 1 is 1.12 bits per heavy atom. The van der Waals surface area contributed by atoms with Crippen LogP contribution in [0, 0.1) is 0 Å². The second-order valence-electron chi connectivity index (χ2n) is 6.63. The molecule has 1 saturated heterocycles. The second kappa shape index (κ2) is 7.54. The first kappa shape index (κ1) is 17.9. The van der Waals surface area contributed by atoms with Crippen molar-refractivity contribution in [3.8, 4) is 0 Å². The highest BCUT2D eigenvalue weighted by Crippen LogP contribution is 2.34. The van der Waals surface area contributed by atoms with Gasteiger partial charge >= 0.3 is 0 Å². The lowest BCUT2D eigenvalue weighted by Crippen LogP contribution is -2.36. The van der Waals surface area contributed by atoms with Gasteiger partial charge < -0.3 is 15.7 Å². The Morgan fingerprint density at radius 2 is 1.81 bits per heavy atom. The Hall–Kier alpha value is -2.92. The van der Waals surface area contributed by atoms with Crippen molar-refractivity contribution in [3.63, 3.8) is 0 Å². The Morgan fingerprint density at radius 3 is 2.42 bits per heavy atom. The van der Waals surface area contributed by atoms with Crippen molar-refractivity contribution >= 4 is 17.9 Å². The summed E-state index contributed by atoms with van der Waals surface area (Å²) in [5, 5.41) is 9.95. The number of benzene rings is 2. The zero-order valence-electron chi connectivity index (χ0n) is 14.5. The maximum atomic E-state index is 12.5. The summed E-state index contributed by atoms with van der Waals surface area (Å²) in [6.45, 7) is 1.12. The van der Waals surface area contributed by atoms with E-state index in [1.807, 2.05) is 30.3 Å². The number of nitrogens with two attached hydrogens (primary N) is 1. The van der Waals surface area contributed by atoms with Crippen molar-refractivity contribution in [2.45, 2.75) is 11.8 Å². The molecule has 2 aromatic carbocycles. The van der Waals surface area contributed by atoms with E-state index in [1.165, 1.54) is 6.08 Å². The van der Waals surface area contributed by atoms with Crippen LogP contribution >= 0.6 is 0 Å². The van der Waals surface area contributed by atoms with Gasteiger partial charge in [0.1, 0.15) is 0 Å². The largest absolute Gasteiger partial charge is 0.395 e. The molecule has 5 nitrogen and oxygen atoms in total. The van der Waals surface area contributed by atoms with Gasteiger partial charge in [-0.05, 0) is 35.8 Å². The molecule has 2 aromatic rings. The van der Waals surface area contributed by atoms with E-state index in [1.54, 1.807) is 35.2 Å². The third-order valence-electron chi connectivity index (χ3n) is 4.97. The average molecular weight is 350 g/mol. The molecule has 0 radical (unpaired) electrons. The first-order valence-electron chi connectivity index (χ1n) is 8.57. The molecule has 3 N–H and O–H groups in total. The fraction of sp³-hybridized carbons (Fsp3) is 0.238. The average Bonchev–Trinajstić information content (AvgIpc) is 3.13. The lowest BCUT2D eigenvalue weighted by Gasteiger charge is -2.27. The molecule has 3 rings (SSSR count). The minimum absolute atomic E-state index is 0.0130. The number of hydrogen-bond acceptors (Lipinski definition) is 3. The van der Waals surface area contributed by atoms with Crippen molar-refractivity contribution in [3.05, 3.63) is 77.4 Å². The number of rotatable bonds is 5. The zero-order valence-corrected chi connectivity index (χ0v) is 14.5. The van der Waals surface area contributed by atoms with E-state index in [2.05, 4.69) is 0 Å². The quantitative estimate of drug-likeness (QED) is 0.809. The molecule has 5 heteroatoms. The first-order chi connectivity index (χ1) is 12.5. The van der Waals surface area contributed by atoms with Crippen LogP contribution in [-0.4, -0.2) is 41.5 Å². The van der Waals surface area contributed by atoms with Gasteiger partial charge in [-0.3, -0.25) is 9.59 Å². The summed E-state index contributed by atoms with van der Waals surface area (Å²) < 4.78 is 0. The lowest BCUT2D eigenvalue weighted by atomic mass is 9.80. The number of primary amides is 1. The van der Waals surface area contributed by atoms with E-state index in [0.717, 1.165) is 17.5 Å². The molecule has 0 aliphatic carbocycles. The maximum absolute atomic E-state index is 12.5. The Labute approximate surface area is 152 Å². The molecule has 0 aromatic heterocycles. The maximum Gasteiger partial charge on any atom is 0.248 e. The van der Waals surface area contributed by atoms with Gasteiger partial charge in [-0.25, -0.2) is 0 Å². The number of likely N-dealkylation sites (tertiary alicyclic amines) is 1. The van der Waals surface area contributed by atoms with E-state index in [0.29, 0.717) is 18.7 Å². The zero-order chi connectivity index (χ0) is 18.6. The molecule has 0 saturated carbocycles. The van der Waals surface area contributed by atoms with Crippen LogP contribution in [0.1, 0.15) is 27.9 Å². The molecule has 1 heterocycles. The van der Waals surface area contributed by atoms with Crippen molar-refractivity contribution in [2.24, 2.45) is 5.73 Å². The summed E-state index contributed by atoms with van der Waals surface area (Å²) in [5.41, 5.74) is 7.13. The van der Waals surface area contributed by atoms with Gasteiger partial charge in [0, 0.05) is 30.1 Å².